The molecule has 2 aromatic carbocycles. The van der Waals surface area contributed by atoms with E-state index >= 15 is 0 Å². The first-order chi connectivity index (χ1) is 8.25. The first-order valence-corrected chi connectivity index (χ1v) is 8.96. The molecule has 0 bridgehead atoms. The molecule has 0 amide bonds. The number of benzene rings is 2. The first kappa shape index (κ1) is 12.4. The van der Waals surface area contributed by atoms with Crippen LogP contribution in [0.1, 0.15) is 15.9 Å². The average Bonchev–Trinajstić information content (AvgIpc) is 2.37. The molecule has 3 heteroatoms. The Kier molecular flexibility index (Phi) is 4.43. The van der Waals surface area contributed by atoms with Crippen molar-refractivity contribution < 1.29 is 4.79 Å². The van der Waals surface area contributed by atoms with Crippen molar-refractivity contribution in [2.45, 2.75) is 6.92 Å². The van der Waals surface area contributed by atoms with Gasteiger partial charge in [-0.2, -0.15) is 0 Å². The molecule has 0 aromatic heterocycles. The van der Waals surface area contributed by atoms with Crippen molar-refractivity contribution in [2.24, 2.45) is 0 Å². The fourth-order valence-corrected chi connectivity index (χ4v) is 4.61. The molecule has 0 spiro atoms. The Morgan fingerprint density at radius 1 is 1.06 bits per heavy atom. The fraction of sp³-hybridized carbons (Fsp3) is 0.0714. The number of rotatable bonds is 3. The molecule has 2 aromatic rings. The van der Waals surface area contributed by atoms with E-state index < -0.39 is 0 Å². The van der Waals surface area contributed by atoms with Crippen molar-refractivity contribution >= 4 is 33.6 Å². The average molecular weight is 307 g/mol. The van der Waals surface area contributed by atoms with E-state index in [0.29, 0.717) is 0 Å². The zero-order valence-corrected chi connectivity index (χ0v) is 12.0. The van der Waals surface area contributed by atoms with Crippen LogP contribution >= 0.6 is 10.2 Å². The van der Waals surface area contributed by atoms with Crippen LogP contribution in [0.3, 0.4) is 0 Å². The van der Waals surface area contributed by atoms with E-state index in [1.54, 1.807) is 0 Å². The molecule has 0 aliphatic heterocycles. The van der Waals surface area contributed by atoms with Crippen LogP contribution in [0.5, 0.6) is 0 Å². The van der Waals surface area contributed by atoms with Gasteiger partial charge in [0.05, 0.1) is 0 Å². The van der Waals surface area contributed by atoms with Crippen LogP contribution in [0.4, 0.5) is 0 Å². The molecule has 0 saturated carbocycles. The predicted molar refractivity (Wildman–Crippen MR) is 74.9 cm³/mol. The summed E-state index contributed by atoms with van der Waals surface area (Å²) in [7, 11) is 1.41. The van der Waals surface area contributed by atoms with Gasteiger partial charge in [0.25, 0.3) is 0 Å². The molecule has 0 N–H and O–H groups in total. The second-order valence-electron chi connectivity index (χ2n) is 3.64. The zero-order chi connectivity index (χ0) is 12.1. The summed E-state index contributed by atoms with van der Waals surface area (Å²) < 4.78 is 1.24. The first-order valence-electron chi connectivity index (χ1n) is 5.26. The molecule has 0 aliphatic carbocycles. The Balaban J connectivity index is 1.98. The second kappa shape index (κ2) is 6.06. The van der Waals surface area contributed by atoms with Crippen molar-refractivity contribution in [3.8, 4) is 0 Å². The third-order valence-electron chi connectivity index (χ3n) is 2.21. The van der Waals surface area contributed by atoms with Crippen molar-refractivity contribution in [1.29, 1.82) is 0 Å². The van der Waals surface area contributed by atoms with Crippen molar-refractivity contribution in [3.05, 3.63) is 65.7 Å². The van der Waals surface area contributed by atoms with Gasteiger partial charge in [0.2, 0.25) is 0 Å². The van der Waals surface area contributed by atoms with Gasteiger partial charge in [-0.05, 0) is 0 Å². The third-order valence-corrected chi connectivity index (χ3v) is 6.13. The monoisotopic (exact) mass is 308 g/mol. The van der Waals surface area contributed by atoms with Gasteiger partial charge in [-0.3, -0.25) is 0 Å². The molecule has 0 atom stereocenters. The number of hydrogen-bond donors (Lipinski definition) is 0. The summed E-state index contributed by atoms with van der Waals surface area (Å²) in [5.74, 6) is 0. The predicted octanol–water partition coefficient (Wildman–Crippen LogP) is 2.81. The van der Waals surface area contributed by atoms with Crippen LogP contribution in [0, 0.1) is 6.92 Å². The van der Waals surface area contributed by atoms with Crippen LogP contribution < -0.4 is 4.46 Å². The Hall–Kier alpha value is -1.02. The fourth-order valence-electron chi connectivity index (χ4n) is 1.38. The van der Waals surface area contributed by atoms with E-state index in [1.165, 1.54) is 14.6 Å². The minimum absolute atomic E-state index is 0.155. The molecule has 0 aliphatic rings. The normalized spacial score (nSPS) is 10.2. The Morgan fingerprint density at radius 2 is 1.82 bits per heavy atom. The van der Waals surface area contributed by atoms with Gasteiger partial charge >= 0.3 is 111 Å². The molecule has 0 heterocycles. The third kappa shape index (κ3) is 3.74. The van der Waals surface area contributed by atoms with E-state index in [-0.39, 0.29) is 19.0 Å². The Morgan fingerprint density at radius 3 is 2.53 bits per heavy atom. The Labute approximate surface area is 111 Å². The molecular formula is C14H12OSSe. The van der Waals surface area contributed by atoms with E-state index in [2.05, 4.69) is 12.1 Å². The van der Waals surface area contributed by atoms with Gasteiger partial charge in [0.1, 0.15) is 0 Å². The minimum atomic E-state index is 0.155. The van der Waals surface area contributed by atoms with Crippen molar-refractivity contribution in [2.75, 3.05) is 0 Å². The van der Waals surface area contributed by atoms with Crippen LogP contribution in [0.15, 0.2) is 54.6 Å². The topological polar surface area (TPSA) is 17.1 Å². The van der Waals surface area contributed by atoms with E-state index in [1.807, 2.05) is 49.4 Å². The van der Waals surface area contributed by atoms with E-state index in [9.17, 15) is 4.79 Å². The summed E-state index contributed by atoms with van der Waals surface area (Å²) in [4.78, 5) is 11.9. The maximum atomic E-state index is 11.9. The van der Waals surface area contributed by atoms with Gasteiger partial charge in [0, 0.05) is 0 Å². The van der Waals surface area contributed by atoms with Gasteiger partial charge in [0.15, 0.2) is 0 Å². The van der Waals surface area contributed by atoms with Crippen LogP contribution in [0.2, 0.25) is 0 Å². The molecule has 1 nitrogen and oxygen atoms in total. The standard InChI is InChI=1S/C14H12OSSe/c1-11-6-5-7-12(10-11)14(15)16-17-13-8-3-2-4-9-13/h2-10H,1H3. The summed E-state index contributed by atoms with van der Waals surface area (Å²) >= 11 is 0.155. The molecule has 0 radical (unpaired) electrons. The summed E-state index contributed by atoms with van der Waals surface area (Å²) in [5, 5.41) is 0.164. The number of carbonyl (C=O) groups is 1. The number of hydrogen-bond acceptors (Lipinski definition) is 2. The van der Waals surface area contributed by atoms with Gasteiger partial charge in [-0.1, -0.05) is 0 Å². The number of carbonyl (C=O) groups excluding carboxylic acids is 1. The number of aryl methyl sites for hydroxylation is 1. The van der Waals surface area contributed by atoms with Crippen LogP contribution in [-0.2, 0) is 0 Å². The summed E-state index contributed by atoms with van der Waals surface area (Å²) in [5.41, 5.74) is 1.93. The van der Waals surface area contributed by atoms with Gasteiger partial charge in [-0.15, -0.1) is 0 Å². The Bertz CT molecular complexity index is 511. The summed E-state index contributed by atoms with van der Waals surface area (Å²) in [6, 6.07) is 17.9. The SMILES string of the molecule is Cc1cccc(C(=O)S[Se]c2ccccc2)c1. The molecule has 0 saturated heterocycles. The van der Waals surface area contributed by atoms with Crippen molar-refractivity contribution in [1.82, 2.24) is 0 Å². The van der Waals surface area contributed by atoms with Crippen molar-refractivity contribution in [3.63, 3.8) is 0 Å². The summed E-state index contributed by atoms with van der Waals surface area (Å²) in [6.07, 6.45) is 0. The molecule has 0 unspecified atom stereocenters. The van der Waals surface area contributed by atoms with Gasteiger partial charge in [-0.25, -0.2) is 0 Å². The molecule has 17 heavy (non-hydrogen) atoms. The zero-order valence-electron chi connectivity index (χ0n) is 9.42. The van der Waals surface area contributed by atoms with E-state index in [4.69, 9.17) is 0 Å². The molecule has 86 valence electrons. The van der Waals surface area contributed by atoms with E-state index in [0.717, 1.165) is 11.1 Å². The van der Waals surface area contributed by atoms with Crippen LogP contribution in [0.25, 0.3) is 0 Å². The molecule has 0 fully saturated rings. The second-order valence-corrected chi connectivity index (χ2v) is 7.43. The molecule has 2 rings (SSSR count). The van der Waals surface area contributed by atoms with Crippen LogP contribution in [-0.4, -0.2) is 19.0 Å². The quantitative estimate of drug-likeness (QED) is 0.811. The molecular weight excluding hydrogens is 295 g/mol. The maximum absolute atomic E-state index is 11.9. The summed E-state index contributed by atoms with van der Waals surface area (Å²) in [6.45, 7) is 2.00. The van der Waals surface area contributed by atoms with Gasteiger partial charge < -0.3 is 0 Å².